The molecular formula is C29H33N3O2. The third-order valence-electron chi connectivity index (χ3n) is 6.27. The highest BCUT2D eigenvalue weighted by atomic mass is 16.2. The molecule has 5 heteroatoms. The van der Waals surface area contributed by atoms with Crippen LogP contribution in [0.5, 0.6) is 0 Å². The van der Waals surface area contributed by atoms with Crippen molar-refractivity contribution < 1.29 is 9.90 Å². The van der Waals surface area contributed by atoms with Crippen molar-refractivity contribution in [3.05, 3.63) is 90.3 Å². The van der Waals surface area contributed by atoms with E-state index in [4.69, 9.17) is 5.11 Å². The molecule has 0 bridgehead atoms. The lowest BCUT2D eigenvalue weighted by atomic mass is 9.95. The monoisotopic (exact) mass is 455 g/mol. The van der Waals surface area contributed by atoms with E-state index in [2.05, 4.69) is 46.0 Å². The van der Waals surface area contributed by atoms with Gasteiger partial charge in [0.25, 0.3) is 0 Å². The number of benzene rings is 2. The van der Waals surface area contributed by atoms with Crippen LogP contribution in [0.25, 0.3) is 5.57 Å². The van der Waals surface area contributed by atoms with Crippen LogP contribution in [-0.4, -0.2) is 28.5 Å². The van der Waals surface area contributed by atoms with Crippen molar-refractivity contribution in [1.29, 1.82) is 0 Å². The van der Waals surface area contributed by atoms with E-state index in [9.17, 15) is 4.79 Å². The maximum absolute atomic E-state index is 13.2. The van der Waals surface area contributed by atoms with Gasteiger partial charge in [-0.15, -0.1) is 0 Å². The Morgan fingerprint density at radius 1 is 0.882 bits per heavy atom. The van der Waals surface area contributed by atoms with Crippen LogP contribution in [0.4, 0.5) is 17.1 Å². The van der Waals surface area contributed by atoms with E-state index in [0.717, 1.165) is 49.2 Å². The minimum atomic E-state index is -0.269. The fraction of sp³-hybridized carbons (Fsp3) is 0.310. The number of aliphatic hydroxyl groups is 1. The molecule has 1 aromatic heterocycles. The number of carbonyl (C=O) groups excluding carboxylic acids is 1. The fourth-order valence-corrected chi connectivity index (χ4v) is 4.40. The quantitative estimate of drug-likeness (QED) is 0.270. The number of aliphatic hydroxyl groups excluding tert-OH is 1. The zero-order chi connectivity index (χ0) is 23.6. The first-order chi connectivity index (χ1) is 16.7. The number of Topliss-reactive ketones (excluding diaryl/α,β-unsaturated/α-hetero) is 1. The molecule has 1 heterocycles. The normalized spacial score (nSPS) is 13.1. The highest BCUT2D eigenvalue weighted by Gasteiger charge is 2.23. The van der Waals surface area contributed by atoms with Gasteiger partial charge in [0.2, 0.25) is 0 Å². The van der Waals surface area contributed by atoms with Crippen LogP contribution in [0.3, 0.4) is 0 Å². The van der Waals surface area contributed by atoms with Gasteiger partial charge in [-0.1, -0.05) is 43.2 Å². The van der Waals surface area contributed by atoms with Gasteiger partial charge in [0.05, 0.1) is 6.04 Å². The molecule has 0 amide bonds. The number of hydrogen-bond acceptors (Lipinski definition) is 5. The number of carbonyl (C=O) groups is 1. The van der Waals surface area contributed by atoms with Crippen molar-refractivity contribution in [3.8, 4) is 0 Å². The predicted octanol–water partition coefficient (Wildman–Crippen LogP) is 6.15. The molecular weight excluding hydrogens is 422 g/mol. The number of rotatable bonds is 13. The molecule has 0 saturated heterocycles. The van der Waals surface area contributed by atoms with Gasteiger partial charge in [-0.2, -0.15) is 0 Å². The van der Waals surface area contributed by atoms with E-state index < -0.39 is 0 Å². The van der Waals surface area contributed by atoms with Gasteiger partial charge < -0.3 is 15.7 Å². The van der Waals surface area contributed by atoms with Crippen LogP contribution in [0, 0.1) is 0 Å². The van der Waals surface area contributed by atoms with E-state index in [1.54, 1.807) is 12.4 Å². The largest absolute Gasteiger partial charge is 0.396 e. The van der Waals surface area contributed by atoms with Crippen molar-refractivity contribution in [2.24, 2.45) is 0 Å². The summed E-state index contributed by atoms with van der Waals surface area (Å²) < 4.78 is 0. The molecule has 4 rings (SSSR count). The molecule has 0 saturated carbocycles. The van der Waals surface area contributed by atoms with E-state index in [1.165, 1.54) is 16.7 Å². The number of nitrogens with one attached hydrogen (secondary N) is 2. The Bertz CT molecular complexity index is 1090. The molecule has 0 radical (unpaired) electrons. The standard InChI is InChI=1S/C29H33N3O2/c33-20-6-2-1-3-9-29(34)28(21-23-11-10-22-7-4-5-8-27(22)23)32-25-14-12-24(13-15-25)31-26-16-18-30-19-17-26/h4-5,7-8,11-19,28,32-33H,1-3,6,9-10,20-21H2,(H,30,31). The Kier molecular flexibility index (Phi) is 8.47. The average Bonchev–Trinajstić information content (AvgIpc) is 3.28. The molecule has 0 aliphatic heterocycles. The third-order valence-corrected chi connectivity index (χ3v) is 6.27. The number of ketones is 1. The molecule has 2 aromatic carbocycles. The zero-order valence-corrected chi connectivity index (χ0v) is 19.5. The lowest BCUT2D eigenvalue weighted by molar-refractivity contribution is -0.119. The predicted molar refractivity (Wildman–Crippen MR) is 139 cm³/mol. The van der Waals surface area contributed by atoms with Gasteiger partial charge in [0.15, 0.2) is 5.78 Å². The number of pyridine rings is 1. The Hall–Kier alpha value is -3.44. The maximum atomic E-state index is 13.2. The summed E-state index contributed by atoms with van der Waals surface area (Å²) >= 11 is 0. The first kappa shape index (κ1) is 23.7. The van der Waals surface area contributed by atoms with Gasteiger partial charge in [-0.3, -0.25) is 9.78 Å². The summed E-state index contributed by atoms with van der Waals surface area (Å²) in [6.45, 7) is 0.220. The summed E-state index contributed by atoms with van der Waals surface area (Å²) in [7, 11) is 0. The average molecular weight is 456 g/mol. The summed E-state index contributed by atoms with van der Waals surface area (Å²) in [5.41, 5.74) is 6.75. The fourth-order valence-electron chi connectivity index (χ4n) is 4.40. The molecule has 3 aromatic rings. The smallest absolute Gasteiger partial charge is 0.155 e. The number of aromatic nitrogens is 1. The number of allylic oxidation sites excluding steroid dienone is 1. The molecule has 0 fully saturated rings. The second-order valence-electron chi connectivity index (χ2n) is 8.78. The van der Waals surface area contributed by atoms with Crippen LogP contribution < -0.4 is 10.6 Å². The highest BCUT2D eigenvalue weighted by Crippen LogP contribution is 2.32. The van der Waals surface area contributed by atoms with Gasteiger partial charge in [-0.05, 0) is 78.8 Å². The van der Waals surface area contributed by atoms with Crippen LogP contribution in [0.2, 0.25) is 0 Å². The summed E-state index contributed by atoms with van der Waals surface area (Å²) in [5.74, 6) is 0.244. The zero-order valence-electron chi connectivity index (χ0n) is 19.5. The van der Waals surface area contributed by atoms with Crippen molar-refractivity contribution in [2.45, 2.75) is 51.0 Å². The van der Waals surface area contributed by atoms with E-state index >= 15 is 0 Å². The van der Waals surface area contributed by atoms with Crippen molar-refractivity contribution in [1.82, 2.24) is 4.98 Å². The van der Waals surface area contributed by atoms with E-state index in [-0.39, 0.29) is 18.4 Å². The van der Waals surface area contributed by atoms with Gasteiger partial charge >= 0.3 is 0 Å². The number of hydrogen-bond donors (Lipinski definition) is 3. The van der Waals surface area contributed by atoms with Crippen LogP contribution >= 0.6 is 0 Å². The number of anilines is 3. The second-order valence-corrected chi connectivity index (χ2v) is 8.78. The Morgan fingerprint density at radius 3 is 2.38 bits per heavy atom. The van der Waals surface area contributed by atoms with Crippen LogP contribution in [-0.2, 0) is 11.2 Å². The summed E-state index contributed by atoms with van der Waals surface area (Å²) in [6.07, 6.45) is 11.6. The SMILES string of the molecule is O=C(CCCCCCO)C(CC1=CCc2ccccc21)Nc1ccc(Nc2ccncc2)cc1. The minimum absolute atomic E-state index is 0.220. The van der Waals surface area contributed by atoms with Gasteiger partial charge in [0.1, 0.15) is 0 Å². The van der Waals surface area contributed by atoms with Gasteiger partial charge in [-0.25, -0.2) is 0 Å². The molecule has 1 unspecified atom stereocenters. The molecule has 5 nitrogen and oxygen atoms in total. The third kappa shape index (κ3) is 6.55. The van der Waals surface area contributed by atoms with Crippen molar-refractivity contribution in [3.63, 3.8) is 0 Å². The molecule has 1 aliphatic carbocycles. The summed E-state index contributed by atoms with van der Waals surface area (Å²) in [5, 5.41) is 15.8. The lowest BCUT2D eigenvalue weighted by Crippen LogP contribution is -2.29. The molecule has 34 heavy (non-hydrogen) atoms. The second kappa shape index (κ2) is 12.1. The number of nitrogens with zero attached hydrogens (tertiary/aromatic N) is 1. The molecule has 176 valence electrons. The lowest BCUT2D eigenvalue weighted by Gasteiger charge is -2.21. The van der Waals surface area contributed by atoms with Crippen LogP contribution in [0.1, 0.15) is 49.7 Å². The van der Waals surface area contributed by atoms with Crippen molar-refractivity contribution in [2.75, 3.05) is 17.2 Å². The topological polar surface area (TPSA) is 74.2 Å². The Labute approximate surface area is 202 Å². The molecule has 3 N–H and O–H groups in total. The summed E-state index contributed by atoms with van der Waals surface area (Å²) in [4.78, 5) is 17.3. The first-order valence-electron chi connectivity index (χ1n) is 12.2. The van der Waals surface area contributed by atoms with Crippen LogP contribution in [0.15, 0.2) is 79.1 Å². The Balaban J connectivity index is 1.42. The molecule has 1 atom stereocenters. The number of unbranched alkanes of at least 4 members (excludes halogenated alkanes) is 3. The van der Waals surface area contributed by atoms with Crippen molar-refractivity contribution >= 4 is 28.4 Å². The summed E-state index contributed by atoms with van der Waals surface area (Å²) in [6, 6.07) is 20.1. The van der Waals surface area contributed by atoms with E-state index in [0.29, 0.717) is 12.8 Å². The molecule has 1 aliphatic rings. The maximum Gasteiger partial charge on any atom is 0.155 e. The van der Waals surface area contributed by atoms with E-state index in [1.807, 2.05) is 36.4 Å². The Morgan fingerprint density at radius 2 is 1.59 bits per heavy atom. The first-order valence-corrected chi connectivity index (χ1v) is 12.2. The number of fused-ring (bicyclic) bond motifs is 1. The van der Waals surface area contributed by atoms with Gasteiger partial charge in [0, 0.05) is 42.5 Å². The molecule has 0 spiro atoms. The minimum Gasteiger partial charge on any atom is -0.396 e. The highest BCUT2D eigenvalue weighted by molar-refractivity contribution is 5.89.